The van der Waals surface area contributed by atoms with Gasteiger partial charge in [-0.2, -0.15) is 0 Å². The number of hydrogen-bond acceptors (Lipinski definition) is 0. The first-order chi connectivity index (χ1) is 11.3. The zero-order chi connectivity index (χ0) is 16.1. The Kier molecular flexibility index (Phi) is 4.88. The average Bonchev–Trinajstić information content (AvgIpc) is 2.65. The first-order valence-electron chi connectivity index (χ1n) is 7.99. The van der Waals surface area contributed by atoms with Crippen molar-refractivity contribution in [3.63, 3.8) is 0 Å². The molecule has 0 spiro atoms. The summed E-state index contributed by atoms with van der Waals surface area (Å²) in [6.45, 7) is 1.94. The minimum absolute atomic E-state index is 0.506. The summed E-state index contributed by atoms with van der Waals surface area (Å²) in [4.78, 5) is 0. The van der Waals surface area contributed by atoms with E-state index in [1.165, 1.54) is 0 Å². The van der Waals surface area contributed by atoms with E-state index in [1.54, 1.807) is 0 Å². The van der Waals surface area contributed by atoms with Crippen molar-refractivity contribution in [2.24, 2.45) is 0 Å². The summed E-state index contributed by atoms with van der Waals surface area (Å²) in [7, 11) is -2.31. The highest BCUT2D eigenvalue weighted by Gasteiger charge is 2.52. The van der Waals surface area contributed by atoms with Gasteiger partial charge in [0.25, 0.3) is 0 Å². The standard InChI is InChI=1S/C21H21FP/c1-2-21(22)23(18-12-6-3-7-13-18,19-14-8-4-9-15-19)20-16-10-5-11-17-20/h3-17,21H,2H2,1H3/q+1. The summed E-state index contributed by atoms with van der Waals surface area (Å²) in [5.41, 5.74) is 0. The molecular weight excluding hydrogens is 302 g/mol. The zero-order valence-corrected chi connectivity index (χ0v) is 14.2. The van der Waals surface area contributed by atoms with Crippen molar-refractivity contribution >= 4 is 23.2 Å². The lowest BCUT2D eigenvalue weighted by Gasteiger charge is -2.29. The molecule has 1 atom stereocenters. The van der Waals surface area contributed by atoms with E-state index in [1.807, 2.05) is 61.5 Å². The minimum atomic E-state index is -2.31. The van der Waals surface area contributed by atoms with Crippen LogP contribution in [0.3, 0.4) is 0 Å². The number of benzene rings is 3. The zero-order valence-electron chi connectivity index (χ0n) is 13.3. The summed E-state index contributed by atoms with van der Waals surface area (Å²) < 4.78 is 15.6. The predicted octanol–water partition coefficient (Wildman–Crippen LogP) is 4.69. The van der Waals surface area contributed by atoms with Gasteiger partial charge in [0.2, 0.25) is 5.91 Å². The van der Waals surface area contributed by atoms with E-state index in [9.17, 15) is 0 Å². The monoisotopic (exact) mass is 323 g/mol. The molecule has 0 saturated carbocycles. The average molecular weight is 323 g/mol. The molecule has 1 unspecified atom stereocenters. The molecule has 0 aromatic heterocycles. The third-order valence-electron chi connectivity index (χ3n) is 4.25. The van der Waals surface area contributed by atoms with Crippen molar-refractivity contribution in [3.05, 3.63) is 91.0 Å². The van der Waals surface area contributed by atoms with Gasteiger partial charge >= 0.3 is 0 Å². The maximum absolute atomic E-state index is 15.6. The van der Waals surface area contributed by atoms with Crippen LogP contribution in [0.4, 0.5) is 4.39 Å². The molecule has 0 N–H and O–H groups in total. The summed E-state index contributed by atoms with van der Waals surface area (Å²) in [5.74, 6) is -0.894. The summed E-state index contributed by atoms with van der Waals surface area (Å²) >= 11 is 0. The molecular formula is C21H21FP+. The molecule has 0 nitrogen and oxygen atoms in total. The predicted molar refractivity (Wildman–Crippen MR) is 100 cm³/mol. The lowest BCUT2D eigenvalue weighted by molar-refractivity contribution is 0.435. The third-order valence-corrected chi connectivity index (χ3v) is 8.79. The van der Waals surface area contributed by atoms with Gasteiger partial charge in [-0.25, -0.2) is 4.39 Å². The number of hydrogen-bond donors (Lipinski definition) is 0. The minimum Gasteiger partial charge on any atom is -0.201 e. The molecule has 0 saturated heterocycles. The van der Waals surface area contributed by atoms with Crippen LogP contribution < -0.4 is 15.9 Å². The summed E-state index contributed by atoms with van der Waals surface area (Å²) in [6.07, 6.45) is 0.506. The van der Waals surface area contributed by atoms with Crippen LogP contribution in [0, 0.1) is 0 Å². The Hall–Kier alpha value is -1.98. The Morgan fingerprint density at radius 1 is 0.652 bits per heavy atom. The van der Waals surface area contributed by atoms with Crippen LogP contribution in [0.1, 0.15) is 13.3 Å². The first kappa shape index (κ1) is 15.9. The van der Waals surface area contributed by atoms with Crippen LogP contribution in [0.2, 0.25) is 0 Å². The highest BCUT2D eigenvalue weighted by atomic mass is 31.2. The highest BCUT2D eigenvalue weighted by Crippen LogP contribution is 2.61. The van der Waals surface area contributed by atoms with Crippen molar-refractivity contribution < 1.29 is 4.39 Å². The van der Waals surface area contributed by atoms with E-state index in [0.29, 0.717) is 6.42 Å². The van der Waals surface area contributed by atoms with E-state index < -0.39 is 13.2 Å². The van der Waals surface area contributed by atoms with Gasteiger partial charge in [-0.1, -0.05) is 61.5 Å². The second-order valence-electron chi connectivity index (χ2n) is 5.57. The third kappa shape index (κ3) is 2.82. The SMILES string of the molecule is CCC(F)[P+](c1ccccc1)(c1ccccc1)c1ccccc1. The number of rotatable bonds is 5. The summed E-state index contributed by atoms with van der Waals surface area (Å²) in [6, 6.07) is 30.5. The van der Waals surface area contributed by atoms with Crippen LogP contribution in [-0.2, 0) is 0 Å². The van der Waals surface area contributed by atoms with Crippen LogP contribution >= 0.6 is 7.26 Å². The lowest BCUT2D eigenvalue weighted by atomic mass is 10.4. The van der Waals surface area contributed by atoms with Crippen molar-refractivity contribution in [1.82, 2.24) is 0 Å². The normalized spacial score (nSPS) is 12.8. The van der Waals surface area contributed by atoms with Crippen molar-refractivity contribution in [2.45, 2.75) is 19.3 Å². The molecule has 0 aliphatic carbocycles. The smallest absolute Gasteiger partial charge is 0.201 e. The molecule has 0 heterocycles. The Morgan fingerprint density at radius 2 is 0.957 bits per heavy atom. The van der Waals surface area contributed by atoms with Gasteiger partial charge in [-0.3, -0.25) is 0 Å². The fraction of sp³-hybridized carbons (Fsp3) is 0.143. The van der Waals surface area contributed by atoms with Gasteiger partial charge in [-0.15, -0.1) is 0 Å². The number of halogens is 1. The Balaban J connectivity index is 2.35. The van der Waals surface area contributed by atoms with E-state index in [2.05, 4.69) is 36.4 Å². The van der Waals surface area contributed by atoms with E-state index in [0.717, 1.165) is 15.9 Å². The number of alkyl halides is 1. The molecule has 0 aliphatic heterocycles. The van der Waals surface area contributed by atoms with Gasteiger partial charge in [0.15, 0.2) is 0 Å². The fourth-order valence-corrected chi connectivity index (χ4v) is 7.54. The maximum Gasteiger partial charge on any atom is 0.219 e. The highest BCUT2D eigenvalue weighted by molar-refractivity contribution is 7.96. The molecule has 0 fully saturated rings. The first-order valence-corrected chi connectivity index (χ1v) is 9.85. The van der Waals surface area contributed by atoms with Gasteiger partial charge < -0.3 is 0 Å². The Labute approximate surface area is 138 Å². The molecule has 3 aromatic rings. The molecule has 0 bridgehead atoms. The van der Waals surface area contributed by atoms with E-state index in [-0.39, 0.29) is 0 Å². The van der Waals surface area contributed by atoms with Crippen LogP contribution in [0.5, 0.6) is 0 Å². The second-order valence-corrected chi connectivity index (χ2v) is 9.13. The molecule has 3 rings (SSSR count). The molecule has 3 aromatic carbocycles. The van der Waals surface area contributed by atoms with Crippen molar-refractivity contribution in [1.29, 1.82) is 0 Å². The fourth-order valence-electron chi connectivity index (χ4n) is 3.20. The molecule has 0 aliphatic rings. The van der Waals surface area contributed by atoms with Gasteiger partial charge in [0.1, 0.15) is 23.2 Å². The summed E-state index contributed by atoms with van der Waals surface area (Å²) in [5, 5.41) is 3.31. The van der Waals surface area contributed by atoms with Gasteiger partial charge in [-0.05, 0) is 36.4 Å². The topological polar surface area (TPSA) is 0 Å². The van der Waals surface area contributed by atoms with Crippen LogP contribution in [0.15, 0.2) is 91.0 Å². The van der Waals surface area contributed by atoms with Crippen LogP contribution in [0.25, 0.3) is 0 Å². The van der Waals surface area contributed by atoms with E-state index in [4.69, 9.17) is 0 Å². The quantitative estimate of drug-likeness (QED) is 0.598. The second kappa shape index (κ2) is 7.06. The maximum atomic E-state index is 15.6. The van der Waals surface area contributed by atoms with Gasteiger partial charge in [0.05, 0.1) is 0 Å². The van der Waals surface area contributed by atoms with Gasteiger partial charge in [0, 0.05) is 6.42 Å². The molecule has 2 heteroatoms. The van der Waals surface area contributed by atoms with Crippen molar-refractivity contribution in [2.75, 3.05) is 0 Å². The Morgan fingerprint density at radius 3 is 1.22 bits per heavy atom. The van der Waals surface area contributed by atoms with E-state index >= 15 is 4.39 Å². The molecule has 116 valence electrons. The van der Waals surface area contributed by atoms with Crippen molar-refractivity contribution in [3.8, 4) is 0 Å². The molecule has 23 heavy (non-hydrogen) atoms. The largest absolute Gasteiger partial charge is 0.219 e. The Bertz CT molecular complexity index is 629. The molecule has 0 radical (unpaired) electrons. The lowest BCUT2D eigenvalue weighted by Crippen LogP contribution is -2.36. The molecule has 0 amide bonds. The van der Waals surface area contributed by atoms with Crippen LogP contribution in [-0.4, -0.2) is 5.91 Å².